The highest BCUT2D eigenvalue weighted by Gasteiger charge is 2.22. The highest BCUT2D eigenvalue weighted by atomic mass is 32.1. The van der Waals surface area contributed by atoms with Crippen LogP contribution in [0.3, 0.4) is 0 Å². The number of amides is 1. The summed E-state index contributed by atoms with van der Waals surface area (Å²) in [6, 6.07) is 0. The van der Waals surface area contributed by atoms with Gasteiger partial charge in [0.2, 0.25) is 0 Å². The topological polar surface area (TPSA) is 85.8 Å². The Morgan fingerprint density at radius 2 is 2.14 bits per heavy atom. The molecule has 0 aliphatic rings. The number of rotatable bonds is 3. The van der Waals surface area contributed by atoms with Crippen molar-refractivity contribution in [1.29, 1.82) is 0 Å². The fourth-order valence-corrected chi connectivity index (χ4v) is 2.83. The number of hydrogen-bond acceptors (Lipinski definition) is 5. The number of aryl methyl sites for hydroxylation is 2. The summed E-state index contributed by atoms with van der Waals surface area (Å²) in [5, 5.41) is 9.59. The molecule has 0 aromatic carbocycles. The number of nitrogens with zero attached hydrogens (tertiary/aromatic N) is 3. The molecule has 21 heavy (non-hydrogen) atoms. The standard InChI is InChI=1S/C14H21N5OS/c1-6-19-11(10(15)8(2)18-19)12(20)17-13-16-9(7-21-13)14(3,4)5/h7H,6,15H2,1-5H3,(H,16,17,20). The van der Waals surface area contributed by atoms with Crippen LogP contribution in [0.5, 0.6) is 0 Å². The van der Waals surface area contributed by atoms with E-state index in [0.29, 0.717) is 28.8 Å². The zero-order valence-electron chi connectivity index (χ0n) is 13.0. The van der Waals surface area contributed by atoms with Gasteiger partial charge in [0, 0.05) is 17.3 Å². The fraction of sp³-hybridized carbons (Fsp3) is 0.500. The largest absolute Gasteiger partial charge is 0.395 e. The lowest BCUT2D eigenvalue weighted by Crippen LogP contribution is -2.19. The third-order valence-corrected chi connectivity index (χ3v) is 3.94. The van der Waals surface area contributed by atoms with Gasteiger partial charge in [-0.05, 0) is 13.8 Å². The normalized spacial score (nSPS) is 11.7. The Balaban J connectivity index is 2.25. The van der Waals surface area contributed by atoms with Gasteiger partial charge in [0.05, 0.1) is 17.1 Å². The van der Waals surface area contributed by atoms with Crippen LogP contribution in [0.25, 0.3) is 0 Å². The van der Waals surface area contributed by atoms with Gasteiger partial charge in [-0.25, -0.2) is 4.98 Å². The first-order valence-corrected chi connectivity index (χ1v) is 7.72. The highest BCUT2D eigenvalue weighted by molar-refractivity contribution is 7.14. The quantitative estimate of drug-likeness (QED) is 0.913. The first-order valence-electron chi connectivity index (χ1n) is 6.84. The molecule has 0 radical (unpaired) electrons. The number of carbonyl (C=O) groups is 1. The van der Waals surface area contributed by atoms with Gasteiger partial charge < -0.3 is 5.73 Å². The molecule has 3 N–H and O–H groups in total. The van der Waals surface area contributed by atoms with Crippen molar-refractivity contribution in [2.24, 2.45) is 0 Å². The van der Waals surface area contributed by atoms with Gasteiger partial charge in [-0.2, -0.15) is 5.10 Å². The Bertz CT molecular complexity index is 665. The Hall–Kier alpha value is -1.89. The van der Waals surface area contributed by atoms with Crippen LogP contribution >= 0.6 is 11.3 Å². The average molecular weight is 307 g/mol. The van der Waals surface area contributed by atoms with Gasteiger partial charge in [-0.3, -0.25) is 14.8 Å². The lowest BCUT2D eigenvalue weighted by atomic mass is 9.93. The zero-order valence-corrected chi connectivity index (χ0v) is 13.8. The first kappa shape index (κ1) is 15.5. The Kier molecular flexibility index (Phi) is 4.04. The second-order valence-corrected chi connectivity index (χ2v) is 6.76. The van der Waals surface area contributed by atoms with Crippen LogP contribution in [0.2, 0.25) is 0 Å². The van der Waals surface area contributed by atoms with E-state index >= 15 is 0 Å². The van der Waals surface area contributed by atoms with Crippen molar-refractivity contribution in [3.8, 4) is 0 Å². The maximum atomic E-state index is 12.4. The minimum Gasteiger partial charge on any atom is -0.395 e. The first-order chi connectivity index (χ1) is 9.74. The number of nitrogens with one attached hydrogen (secondary N) is 1. The molecule has 1 amide bonds. The SMILES string of the molecule is CCn1nc(C)c(N)c1C(=O)Nc1nc(C(C)(C)C)cs1. The van der Waals surface area contributed by atoms with Crippen LogP contribution < -0.4 is 11.1 Å². The van der Waals surface area contributed by atoms with Crippen LogP contribution in [0.15, 0.2) is 5.38 Å². The van der Waals surface area contributed by atoms with Crippen molar-refractivity contribution in [2.45, 2.75) is 46.6 Å². The molecular formula is C14H21N5OS. The molecule has 7 heteroatoms. The molecule has 0 aliphatic carbocycles. The van der Waals surface area contributed by atoms with Gasteiger partial charge in [0.1, 0.15) is 5.69 Å². The molecular weight excluding hydrogens is 286 g/mol. The number of nitrogen functional groups attached to an aromatic ring is 1. The number of anilines is 2. The molecule has 2 heterocycles. The molecule has 2 aromatic heterocycles. The maximum absolute atomic E-state index is 12.4. The molecule has 2 aromatic rings. The summed E-state index contributed by atoms with van der Waals surface area (Å²) < 4.78 is 1.61. The van der Waals surface area contributed by atoms with Crippen LogP contribution in [-0.4, -0.2) is 20.7 Å². The zero-order chi connectivity index (χ0) is 15.8. The molecule has 0 atom stereocenters. The number of thiazole rings is 1. The predicted molar refractivity (Wildman–Crippen MR) is 85.8 cm³/mol. The third kappa shape index (κ3) is 3.07. The summed E-state index contributed by atoms with van der Waals surface area (Å²) in [5.41, 5.74) is 8.33. The molecule has 0 spiro atoms. The molecule has 0 unspecified atom stereocenters. The van der Waals surface area contributed by atoms with E-state index in [2.05, 4.69) is 36.2 Å². The van der Waals surface area contributed by atoms with Gasteiger partial charge in [-0.1, -0.05) is 20.8 Å². The fourth-order valence-electron chi connectivity index (χ4n) is 1.90. The van der Waals surface area contributed by atoms with E-state index in [1.165, 1.54) is 11.3 Å². The van der Waals surface area contributed by atoms with E-state index in [1.54, 1.807) is 11.6 Å². The third-order valence-electron chi connectivity index (χ3n) is 3.18. The van der Waals surface area contributed by atoms with Crippen LogP contribution in [0, 0.1) is 6.92 Å². The van der Waals surface area contributed by atoms with Crippen LogP contribution in [0.1, 0.15) is 49.6 Å². The highest BCUT2D eigenvalue weighted by Crippen LogP contribution is 2.27. The number of nitrogens with two attached hydrogens (primary N) is 1. The lowest BCUT2D eigenvalue weighted by Gasteiger charge is -2.14. The lowest BCUT2D eigenvalue weighted by molar-refractivity contribution is 0.101. The van der Waals surface area contributed by atoms with Crippen molar-refractivity contribution in [1.82, 2.24) is 14.8 Å². The van der Waals surface area contributed by atoms with E-state index in [-0.39, 0.29) is 11.3 Å². The molecule has 6 nitrogen and oxygen atoms in total. The van der Waals surface area contributed by atoms with Gasteiger partial charge in [-0.15, -0.1) is 11.3 Å². The number of carbonyl (C=O) groups excluding carboxylic acids is 1. The molecule has 114 valence electrons. The van der Waals surface area contributed by atoms with Gasteiger partial charge in [0.15, 0.2) is 5.13 Å². The van der Waals surface area contributed by atoms with Crippen molar-refractivity contribution >= 4 is 28.1 Å². The Morgan fingerprint density at radius 1 is 1.48 bits per heavy atom. The minimum absolute atomic E-state index is 0.0414. The van der Waals surface area contributed by atoms with E-state index in [9.17, 15) is 4.79 Å². The molecule has 0 aliphatic heterocycles. The Labute approximate surface area is 128 Å². The summed E-state index contributed by atoms with van der Waals surface area (Å²) in [6.45, 7) is 10.6. The Morgan fingerprint density at radius 3 is 2.67 bits per heavy atom. The van der Waals surface area contributed by atoms with Crippen molar-refractivity contribution in [3.63, 3.8) is 0 Å². The number of hydrogen-bond donors (Lipinski definition) is 2. The predicted octanol–water partition coefficient (Wildman–Crippen LogP) is 2.80. The van der Waals surface area contributed by atoms with Crippen molar-refractivity contribution in [2.75, 3.05) is 11.1 Å². The van der Waals surface area contributed by atoms with Crippen LogP contribution in [-0.2, 0) is 12.0 Å². The summed E-state index contributed by atoms with van der Waals surface area (Å²) in [7, 11) is 0. The van der Waals surface area contributed by atoms with Gasteiger partial charge in [0.25, 0.3) is 5.91 Å². The van der Waals surface area contributed by atoms with E-state index in [4.69, 9.17) is 5.73 Å². The van der Waals surface area contributed by atoms with Gasteiger partial charge >= 0.3 is 0 Å². The second kappa shape index (κ2) is 5.48. The van der Waals surface area contributed by atoms with Crippen molar-refractivity contribution in [3.05, 3.63) is 22.5 Å². The summed E-state index contributed by atoms with van der Waals surface area (Å²) in [5.74, 6) is -0.273. The number of aromatic nitrogens is 3. The smallest absolute Gasteiger partial charge is 0.277 e. The van der Waals surface area contributed by atoms with E-state index in [1.807, 2.05) is 12.3 Å². The van der Waals surface area contributed by atoms with E-state index in [0.717, 1.165) is 5.69 Å². The van der Waals surface area contributed by atoms with Crippen LogP contribution in [0.4, 0.5) is 10.8 Å². The van der Waals surface area contributed by atoms with E-state index < -0.39 is 0 Å². The summed E-state index contributed by atoms with van der Waals surface area (Å²) >= 11 is 1.41. The summed E-state index contributed by atoms with van der Waals surface area (Å²) in [6.07, 6.45) is 0. The average Bonchev–Trinajstić information content (AvgIpc) is 2.95. The molecule has 2 rings (SSSR count). The summed E-state index contributed by atoms with van der Waals surface area (Å²) in [4.78, 5) is 16.9. The molecule has 0 bridgehead atoms. The molecule has 0 saturated carbocycles. The van der Waals surface area contributed by atoms with Crippen molar-refractivity contribution < 1.29 is 4.79 Å². The monoisotopic (exact) mass is 307 g/mol. The molecule has 0 saturated heterocycles. The minimum atomic E-state index is -0.273. The maximum Gasteiger partial charge on any atom is 0.277 e. The second-order valence-electron chi connectivity index (χ2n) is 5.91. The molecule has 0 fully saturated rings.